The van der Waals surface area contributed by atoms with Gasteiger partial charge in [0.1, 0.15) is 0 Å². The molecule has 1 aliphatic rings. The fraction of sp³-hybridized carbons (Fsp3) is 0.316. The Balaban J connectivity index is 1.51. The monoisotopic (exact) mass is 407 g/mol. The molecular weight excluding hydrogens is 386 g/mol. The molecule has 1 aliphatic heterocycles. The molecule has 0 spiro atoms. The van der Waals surface area contributed by atoms with Gasteiger partial charge >= 0.3 is 6.03 Å². The molecule has 6 nitrogen and oxygen atoms in total. The lowest BCUT2D eigenvalue weighted by Gasteiger charge is -2.15. The zero-order valence-electron chi connectivity index (χ0n) is 14.8. The van der Waals surface area contributed by atoms with Crippen LogP contribution >= 0.6 is 11.6 Å². The van der Waals surface area contributed by atoms with Crippen molar-refractivity contribution in [2.24, 2.45) is 0 Å². The Hall–Kier alpha value is -2.09. The average Bonchev–Trinajstić information content (AvgIpc) is 3.18. The van der Waals surface area contributed by atoms with Crippen molar-refractivity contribution in [3.8, 4) is 0 Å². The highest BCUT2D eigenvalue weighted by Gasteiger charge is 2.25. The third-order valence-electron chi connectivity index (χ3n) is 4.39. The minimum absolute atomic E-state index is 0.0178. The molecule has 3 rings (SSSR count). The van der Waals surface area contributed by atoms with Crippen LogP contribution in [0.5, 0.6) is 0 Å². The summed E-state index contributed by atoms with van der Waals surface area (Å²) in [5.74, 6) is -0.0178. The predicted molar refractivity (Wildman–Crippen MR) is 107 cm³/mol. The number of anilines is 1. The number of amides is 2. The molecule has 144 valence electrons. The minimum Gasteiger partial charge on any atom is -0.334 e. The van der Waals surface area contributed by atoms with Crippen LogP contribution in [-0.4, -0.2) is 31.8 Å². The number of nitrogens with zero attached hydrogens (tertiary/aromatic N) is 1. The molecule has 0 bridgehead atoms. The third kappa shape index (κ3) is 5.69. The van der Waals surface area contributed by atoms with Gasteiger partial charge in [-0.25, -0.2) is 17.5 Å². The molecule has 2 aromatic rings. The lowest BCUT2D eigenvalue weighted by molar-refractivity contribution is 0.251. The number of carbonyl (C=O) groups excluding carboxylic acids is 1. The van der Waals surface area contributed by atoms with Gasteiger partial charge in [-0.2, -0.15) is 0 Å². The summed E-state index contributed by atoms with van der Waals surface area (Å²) in [6, 6.07) is 13.8. The van der Waals surface area contributed by atoms with Gasteiger partial charge in [0.05, 0.1) is 5.75 Å². The Morgan fingerprint density at radius 2 is 1.56 bits per heavy atom. The second-order valence-corrected chi connectivity index (χ2v) is 8.90. The molecule has 2 aromatic carbocycles. The van der Waals surface area contributed by atoms with E-state index in [0.29, 0.717) is 35.9 Å². The van der Waals surface area contributed by atoms with E-state index < -0.39 is 10.0 Å². The van der Waals surface area contributed by atoms with Gasteiger partial charge in [0.25, 0.3) is 0 Å². The van der Waals surface area contributed by atoms with E-state index in [1.165, 1.54) is 0 Å². The summed E-state index contributed by atoms with van der Waals surface area (Å²) in [5, 5.41) is 6.14. The van der Waals surface area contributed by atoms with Gasteiger partial charge in [-0.15, -0.1) is 0 Å². The zero-order valence-corrected chi connectivity index (χ0v) is 16.4. The number of rotatable bonds is 6. The lowest BCUT2D eigenvalue weighted by atomic mass is 10.2. The van der Waals surface area contributed by atoms with E-state index in [0.717, 1.165) is 18.4 Å². The first-order valence-corrected chi connectivity index (χ1v) is 10.8. The molecular formula is C19H22ClN3O3S. The zero-order chi connectivity index (χ0) is 19.3. The molecule has 1 fully saturated rings. The molecule has 0 aromatic heterocycles. The number of carbonyl (C=O) groups is 1. The Morgan fingerprint density at radius 1 is 0.963 bits per heavy atom. The van der Waals surface area contributed by atoms with Crippen LogP contribution in [0.2, 0.25) is 5.02 Å². The van der Waals surface area contributed by atoms with Gasteiger partial charge in [0, 0.05) is 30.3 Å². The summed E-state index contributed by atoms with van der Waals surface area (Å²) >= 11 is 5.83. The first-order valence-electron chi connectivity index (χ1n) is 8.78. The molecule has 0 saturated carbocycles. The number of sulfonamides is 1. The Bertz CT molecular complexity index is 877. The van der Waals surface area contributed by atoms with Crippen LogP contribution in [0.1, 0.15) is 24.0 Å². The molecule has 0 radical (unpaired) electrons. The van der Waals surface area contributed by atoms with Gasteiger partial charge in [0.15, 0.2) is 0 Å². The Kier molecular flexibility index (Phi) is 6.36. The van der Waals surface area contributed by atoms with E-state index in [4.69, 9.17) is 11.6 Å². The SMILES string of the molecule is O=C(NCc1ccc(Cl)cc1)Nc1ccc(CS(=O)(=O)N2CCCC2)cc1. The smallest absolute Gasteiger partial charge is 0.319 e. The van der Waals surface area contributed by atoms with Gasteiger partial charge in [0.2, 0.25) is 10.0 Å². The molecule has 27 heavy (non-hydrogen) atoms. The van der Waals surface area contributed by atoms with Crippen molar-refractivity contribution in [1.29, 1.82) is 0 Å². The van der Waals surface area contributed by atoms with Crippen LogP contribution in [0, 0.1) is 0 Å². The quantitative estimate of drug-likeness (QED) is 0.768. The van der Waals surface area contributed by atoms with Gasteiger partial charge in [-0.05, 0) is 48.2 Å². The van der Waals surface area contributed by atoms with E-state index >= 15 is 0 Å². The largest absolute Gasteiger partial charge is 0.334 e. The van der Waals surface area contributed by atoms with Crippen LogP contribution in [-0.2, 0) is 22.3 Å². The maximum absolute atomic E-state index is 12.3. The Labute approximate surface area is 164 Å². The van der Waals surface area contributed by atoms with E-state index in [-0.39, 0.29) is 11.8 Å². The van der Waals surface area contributed by atoms with E-state index in [9.17, 15) is 13.2 Å². The first kappa shape index (κ1) is 19.7. The van der Waals surface area contributed by atoms with Crippen molar-refractivity contribution in [2.45, 2.75) is 25.1 Å². The van der Waals surface area contributed by atoms with Gasteiger partial charge < -0.3 is 10.6 Å². The highest BCUT2D eigenvalue weighted by atomic mass is 35.5. The molecule has 1 heterocycles. The molecule has 2 amide bonds. The van der Waals surface area contributed by atoms with E-state index in [1.54, 1.807) is 40.7 Å². The highest BCUT2D eigenvalue weighted by molar-refractivity contribution is 7.88. The molecule has 8 heteroatoms. The van der Waals surface area contributed by atoms with Crippen molar-refractivity contribution in [3.05, 3.63) is 64.7 Å². The number of hydrogen-bond acceptors (Lipinski definition) is 3. The summed E-state index contributed by atoms with van der Waals surface area (Å²) < 4.78 is 26.2. The van der Waals surface area contributed by atoms with Crippen LogP contribution in [0.4, 0.5) is 10.5 Å². The maximum Gasteiger partial charge on any atom is 0.319 e. The second-order valence-electron chi connectivity index (χ2n) is 6.49. The third-order valence-corrected chi connectivity index (χ3v) is 6.49. The van der Waals surface area contributed by atoms with Crippen molar-refractivity contribution in [1.82, 2.24) is 9.62 Å². The lowest BCUT2D eigenvalue weighted by Crippen LogP contribution is -2.29. The van der Waals surface area contributed by atoms with Gasteiger partial charge in [-0.3, -0.25) is 0 Å². The summed E-state index contributed by atoms with van der Waals surface area (Å²) in [6.45, 7) is 1.60. The summed E-state index contributed by atoms with van der Waals surface area (Å²) in [6.07, 6.45) is 1.85. The van der Waals surface area contributed by atoms with Crippen molar-refractivity contribution < 1.29 is 13.2 Å². The maximum atomic E-state index is 12.3. The van der Waals surface area contributed by atoms with Crippen LogP contribution in [0.15, 0.2) is 48.5 Å². The van der Waals surface area contributed by atoms with E-state index in [1.807, 2.05) is 12.1 Å². The molecule has 0 aliphatic carbocycles. The van der Waals surface area contributed by atoms with Crippen LogP contribution in [0.3, 0.4) is 0 Å². The number of hydrogen-bond donors (Lipinski definition) is 2. The molecule has 0 atom stereocenters. The van der Waals surface area contributed by atoms with Crippen molar-refractivity contribution in [2.75, 3.05) is 18.4 Å². The summed E-state index contributed by atoms with van der Waals surface area (Å²) in [5.41, 5.74) is 2.25. The first-order chi connectivity index (χ1) is 12.9. The number of urea groups is 1. The van der Waals surface area contributed by atoms with Crippen LogP contribution in [0.25, 0.3) is 0 Å². The Morgan fingerprint density at radius 3 is 2.19 bits per heavy atom. The molecule has 1 saturated heterocycles. The van der Waals surface area contributed by atoms with Crippen LogP contribution < -0.4 is 10.6 Å². The fourth-order valence-corrected chi connectivity index (χ4v) is 4.65. The standard InChI is InChI=1S/C19H22ClN3O3S/c20-17-7-3-15(4-8-17)13-21-19(24)22-18-9-5-16(6-10-18)14-27(25,26)23-11-1-2-12-23/h3-10H,1-2,11-14H2,(H2,21,22,24). The average molecular weight is 408 g/mol. The minimum atomic E-state index is -3.27. The number of halogens is 1. The highest BCUT2D eigenvalue weighted by Crippen LogP contribution is 2.18. The normalized spacial score (nSPS) is 14.9. The second kappa shape index (κ2) is 8.73. The van der Waals surface area contributed by atoms with Gasteiger partial charge in [-0.1, -0.05) is 35.9 Å². The molecule has 0 unspecified atom stereocenters. The predicted octanol–water partition coefficient (Wildman–Crippen LogP) is 3.59. The van der Waals surface area contributed by atoms with E-state index in [2.05, 4.69) is 10.6 Å². The number of benzene rings is 2. The van der Waals surface area contributed by atoms with Crippen molar-refractivity contribution in [3.63, 3.8) is 0 Å². The molecule has 2 N–H and O–H groups in total. The number of nitrogens with one attached hydrogen (secondary N) is 2. The van der Waals surface area contributed by atoms with Crippen molar-refractivity contribution >= 4 is 33.3 Å². The topological polar surface area (TPSA) is 78.5 Å². The summed E-state index contributed by atoms with van der Waals surface area (Å²) in [4.78, 5) is 12.0. The summed E-state index contributed by atoms with van der Waals surface area (Å²) in [7, 11) is -3.27. The fourth-order valence-electron chi connectivity index (χ4n) is 2.91.